The molecule has 156 valence electrons. The van der Waals surface area contributed by atoms with Gasteiger partial charge in [0.1, 0.15) is 17.3 Å². The quantitative estimate of drug-likeness (QED) is 0.591. The van der Waals surface area contributed by atoms with Crippen molar-refractivity contribution < 1.29 is 23.5 Å². The number of H-pyrrole nitrogens is 1. The molecule has 0 bridgehead atoms. The molecule has 0 aliphatic carbocycles. The van der Waals surface area contributed by atoms with Crippen LogP contribution in [0.1, 0.15) is 34.8 Å². The van der Waals surface area contributed by atoms with Gasteiger partial charge in [-0.3, -0.25) is 14.5 Å². The molecule has 2 aromatic carbocycles. The first-order valence-corrected chi connectivity index (χ1v) is 9.71. The zero-order valence-corrected chi connectivity index (χ0v) is 16.1. The number of carboxylic acid groups (broad SMARTS) is 1. The topological polar surface area (TPSA) is 85.4 Å². The second-order valence-corrected chi connectivity index (χ2v) is 7.61. The molecule has 2 heterocycles. The van der Waals surface area contributed by atoms with E-state index >= 15 is 0 Å². The molecule has 1 unspecified atom stereocenters. The number of amides is 1. The minimum atomic E-state index is -0.828. The highest BCUT2D eigenvalue weighted by Gasteiger charge is 2.23. The molecule has 1 aromatic heterocycles. The van der Waals surface area contributed by atoms with Crippen LogP contribution in [-0.2, 0) is 4.79 Å². The number of carbonyl (C=O) groups is 2. The van der Waals surface area contributed by atoms with Crippen molar-refractivity contribution in [1.82, 2.24) is 9.88 Å². The minimum Gasteiger partial charge on any atom is -0.480 e. The van der Waals surface area contributed by atoms with Gasteiger partial charge in [-0.1, -0.05) is 6.07 Å². The van der Waals surface area contributed by atoms with E-state index in [9.17, 15) is 18.4 Å². The number of nitrogens with one attached hydrogen (secondary N) is 2. The number of likely N-dealkylation sites (tertiary alicyclic amines) is 1. The van der Waals surface area contributed by atoms with Gasteiger partial charge < -0.3 is 15.4 Å². The Morgan fingerprint density at radius 3 is 2.63 bits per heavy atom. The maximum Gasteiger partial charge on any atom is 0.317 e. The molecule has 30 heavy (non-hydrogen) atoms. The Morgan fingerprint density at radius 1 is 1.13 bits per heavy atom. The SMILES string of the molecule is O=C(O)CN1CCCC(c2ccc3[nH]c(C(=O)Nc4cc(F)cc(F)c4)cc3c2)C1. The van der Waals surface area contributed by atoms with Gasteiger partial charge in [0.25, 0.3) is 5.91 Å². The number of aromatic nitrogens is 1. The van der Waals surface area contributed by atoms with Crippen molar-refractivity contribution in [3.8, 4) is 0 Å². The van der Waals surface area contributed by atoms with Crippen LogP contribution in [0.2, 0.25) is 0 Å². The van der Waals surface area contributed by atoms with E-state index in [0.717, 1.165) is 54.1 Å². The van der Waals surface area contributed by atoms with E-state index in [1.54, 1.807) is 6.07 Å². The van der Waals surface area contributed by atoms with Gasteiger partial charge in [0.2, 0.25) is 0 Å². The van der Waals surface area contributed by atoms with Gasteiger partial charge in [-0.15, -0.1) is 0 Å². The maximum atomic E-state index is 13.3. The summed E-state index contributed by atoms with van der Waals surface area (Å²) in [6, 6.07) is 10.4. The van der Waals surface area contributed by atoms with Crippen molar-refractivity contribution in [2.24, 2.45) is 0 Å². The third-order valence-electron chi connectivity index (χ3n) is 5.35. The molecule has 0 radical (unpaired) electrons. The summed E-state index contributed by atoms with van der Waals surface area (Å²) >= 11 is 0. The third kappa shape index (κ3) is 4.49. The molecule has 8 heteroatoms. The van der Waals surface area contributed by atoms with E-state index in [1.807, 2.05) is 23.1 Å². The Bertz CT molecular complexity index is 1090. The van der Waals surface area contributed by atoms with E-state index in [1.165, 1.54) is 0 Å². The molecule has 3 aromatic rings. The molecule has 0 spiro atoms. The van der Waals surface area contributed by atoms with Crippen LogP contribution in [0.15, 0.2) is 42.5 Å². The Labute approximate surface area is 171 Å². The van der Waals surface area contributed by atoms with Crippen LogP contribution >= 0.6 is 0 Å². The van der Waals surface area contributed by atoms with Crippen molar-refractivity contribution in [2.45, 2.75) is 18.8 Å². The van der Waals surface area contributed by atoms with Gasteiger partial charge in [0.15, 0.2) is 0 Å². The standard InChI is InChI=1S/C22H21F2N3O3/c23-16-8-17(24)10-18(9-16)25-22(30)20-7-15-6-13(3-4-19(15)26-20)14-2-1-5-27(11-14)12-21(28)29/h3-4,6-10,14,26H,1-2,5,11-12H2,(H,25,30)(H,28,29). The second kappa shape index (κ2) is 8.23. The summed E-state index contributed by atoms with van der Waals surface area (Å²) < 4.78 is 26.7. The number of fused-ring (bicyclic) bond motifs is 1. The lowest BCUT2D eigenvalue weighted by atomic mass is 9.90. The Morgan fingerprint density at radius 2 is 1.90 bits per heavy atom. The van der Waals surface area contributed by atoms with Crippen LogP contribution in [-0.4, -0.2) is 46.5 Å². The van der Waals surface area contributed by atoms with Gasteiger partial charge in [0.05, 0.1) is 6.54 Å². The molecule has 1 atom stereocenters. The van der Waals surface area contributed by atoms with E-state index in [0.29, 0.717) is 6.54 Å². The van der Waals surface area contributed by atoms with Crippen LogP contribution in [0.4, 0.5) is 14.5 Å². The predicted octanol–water partition coefficient (Wildman–Crippen LogP) is 3.96. The molecule has 1 amide bonds. The van der Waals surface area contributed by atoms with Crippen LogP contribution in [0.5, 0.6) is 0 Å². The van der Waals surface area contributed by atoms with Gasteiger partial charge in [-0.05, 0) is 61.2 Å². The van der Waals surface area contributed by atoms with Crippen LogP contribution in [0.25, 0.3) is 10.9 Å². The molecule has 1 aliphatic heterocycles. The molecular formula is C22H21F2N3O3. The Kier molecular flexibility index (Phi) is 5.50. The lowest BCUT2D eigenvalue weighted by Crippen LogP contribution is -2.37. The summed E-state index contributed by atoms with van der Waals surface area (Å²) in [6.07, 6.45) is 1.91. The highest BCUT2D eigenvalue weighted by molar-refractivity contribution is 6.06. The number of carboxylic acids is 1. The van der Waals surface area contributed by atoms with E-state index < -0.39 is 23.5 Å². The predicted molar refractivity (Wildman–Crippen MR) is 109 cm³/mol. The first-order chi connectivity index (χ1) is 14.4. The number of aliphatic carboxylic acids is 1. The van der Waals surface area contributed by atoms with Crippen molar-refractivity contribution >= 4 is 28.5 Å². The fraction of sp³-hybridized carbons (Fsp3) is 0.273. The van der Waals surface area contributed by atoms with Crippen LogP contribution in [0, 0.1) is 11.6 Å². The monoisotopic (exact) mass is 413 g/mol. The molecule has 6 nitrogen and oxygen atoms in total. The zero-order chi connectivity index (χ0) is 21.3. The van der Waals surface area contributed by atoms with Crippen molar-refractivity contribution in [1.29, 1.82) is 0 Å². The number of rotatable bonds is 5. The summed E-state index contributed by atoms with van der Waals surface area (Å²) in [5.74, 6) is -2.63. The smallest absolute Gasteiger partial charge is 0.317 e. The van der Waals surface area contributed by atoms with Gasteiger partial charge in [-0.2, -0.15) is 0 Å². The van der Waals surface area contributed by atoms with Crippen molar-refractivity contribution in [2.75, 3.05) is 25.0 Å². The Balaban J connectivity index is 1.52. The van der Waals surface area contributed by atoms with Gasteiger partial charge in [-0.25, -0.2) is 8.78 Å². The number of halogens is 2. The summed E-state index contributed by atoms with van der Waals surface area (Å²) in [4.78, 5) is 28.4. The molecular weight excluding hydrogens is 392 g/mol. The lowest BCUT2D eigenvalue weighted by molar-refractivity contribution is -0.138. The highest BCUT2D eigenvalue weighted by atomic mass is 19.1. The number of carbonyl (C=O) groups excluding carboxylic acids is 1. The van der Waals surface area contributed by atoms with E-state index in [2.05, 4.69) is 10.3 Å². The van der Waals surface area contributed by atoms with E-state index in [-0.39, 0.29) is 23.8 Å². The second-order valence-electron chi connectivity index (χ2n) is 7.61. The maximum absolute atomic E-state index is 13.3. The average molecular weight is 413 g/mol. The number of nitrogens with zero attached hydrogens (tertiary/aromatic N) is 1. The fourth-order valence-corrected chi connectivity index (χ4v) is 4.01. The van der Waals surface area contributed by atoms with Gasteiger partial charge >= 0.3 is 5.97 Å². The van der Waals surface area contributed by atoms with Crippen LogP contribution < -0.4 is 5.32 Å². The molecule has 4 rings (SSSR count). The Hall–Kier alpha value is -3.26. The number of hydrogen-bond acceptors (Lipinski definition) is 3. The fourth-order valence-electron chi connectivity index (χ4n) is 4.01. The molecule has 0 saturated carbocycles. The first kappa shape index (κ1) is 20.0. The summed E-state index contributed by atoms with van der Waals surface area (Å²) in [7, 11) is 0. The normalized spacial score (nSPS) is 17.2. The van der Waals surface area contributed by atoms with Crippen molar-refractivity contribution in [3.63, 3.8) is 0 Å². The van der Waals surface area contributed by atoms with E-state index in [4.69, 9.17) is 5.11 Å². The summed E-state index contributed by atoms with van der Waals surface area (Å²) in [5, 5.41) is 12.4. The summed E-state index contributed by atoms with van der Waals surface area (Å²) in [5.41, 5.74) is 2.18. The first-order valence-electron chi connectivity index (χ1n) is 9.71. The lowest BCUT2D eigenvalue weighted by Gasteiger charge is -2.31. The largest absolute Gasteiger partial charge is 0.480 e. The van der Waals surface area contributed by atoms with Crippen LogP contribution in [0.3, 0.4) is 0 Å². The number of hydrogen-bond donors (Lipinski definition) is 3. The average Bonchev–Trinajstić information content (AvgIpc) is 3.10. The number of benzene rings is 2. The number of aromatic amines is 1. The summed E-state index contributed by atoms with van der Waals surface area (Å²) in [6.45, 7) is 1.49. The highest BCUT2D eigenvalue weighted by Crippen LogP contribution is 2.29. The molecule has 1 fully saturated rings. The third-order valence-corrected chi connectivity index (χ3v) is 5.35. The minimum absolute atomic E-state index is 0.0356. The zero-order valence-electron chi connectivity index (χ0n) is 16.1. The molecule has 1 saturated heterocycles. The number of anilines is 1. The molecule has 3 N–H and O–H groups in total. The van der Waals surface area contributed by atoms with Gasteiger partial charge in [0, 0.05) is 29.2 Å². The molecule has 1 aliphatic rings. The number of piperidine rings is 1. The van der Waals surface area contributed by atoms with Crippen molar-refractivity contribution in [3.05, 3.63) is 65.4 Å².